The maximum atomic E-state index is 11.9. The lowest BCUT2D eigenvalue weighted by atomic mass is 10.2. The van der Waals surface area contributed by atoms with Gasteiger partial charge in [0.2, 0.25) is 5.91 Å². The van der Waals surface area contributed by atoms with Crippen LogP contribution in [0.25, 0.3) is 0 Å². The molecule has 1 N–H and O–H groups in total. The number of amides is 1. The average molecular weight is 358 g/mol. The van der Waals surface area contributed by atoms with E-state index in [4.69, 9.17) is 0 Å². The van der Waals surface area contributed by atoms with Gasteiger partial charge in [-0.3, -0.25) is 9.69 Å². The van der Waals surface area contributed by atoms with Gasteiger partial charge in [-0.15, -0.1) is 11.3 Å². The number of carbonyl (C=O) groups is 1. The predicted octanol–water partition coefficient (Wildman–Crippen LogP) is 3.01. The van der Waals surface area contributed by atoms with E-state index in [9.17, 15) is 4.79 Å². The predicted molar refractivity (Wildman–Crippen MR) is 105 cm³/mol. The molecule has 0 atom stereocenters. The Kier molecular flexibility index (Phi) is 6.89. The van der Waals surface area contributed by atoms with Crippen LogP contribution in [0.1, 0.15) is 17.7 Å². The van der Waals surface area contributed by atoms with Crippen LogP contribution in [-0.2, 0) is 11.2 Å². The molecule has 0 spiro atoms. The smallest absolute Gasteiger partial charge is 0.220 e. The van der Waals surface area contributed by atoms with E-state index in [1.54, 1.807) is 11.3 Å². The molecule has 1 fully saturated rings. The lowest BCUT2D eigenvalue weighted by Gasteiger charge is -2.36. The van der Waals surface area contributed by atoms with Gasteiger partial charge in [0.15, 0.2) is 0 Å². The molecule has 4 nitrogen and oxygen atoms in total. The molecule has 0 aliphatic carbocycles. The first-order valence-electron chi connectivity index (χ1n) is 9.13. The molecule has 2 aromatic rings. The third-order valence-electron chi connectivity index (χ3n) is 4.65. The Balaban J connectivity index is 1.26. The van der Waals surface area contributed by atoms with Crippen molar-refractivity contribution in [1.29, 1.82) is 0 Å². The van der Waals surface area contributed by atoms with Gasteiger partial charge < -0.3 is 10.2 Å². The highest BCUT2D eigenvalue weighted by Gasteiger charge is 2.16. The van der Waals surface area contributed by atoms with E-state index >= 15 is 0 Å². The number of piperazine rings is 1. The number of para-hydroxylation sites is 1. The molecule has 1 aromatic carbocycles. The fraction of sp³-hybridized carbons (Fsp3) is 0.450. The molecule has 5 heteroatoms. The van der Waals surface area contributed by atoms with Gasteiger partial charge in [-0.2, -0.15) is 0 Å². The number of aryl methyl sites for hydroxylation is 1. The Bertz CT molecular complexity index is 622. The van der Waals surface area contributed by atoms with Gasteiger partial charge >= 0.3 is 0 Å². The molecule has 0 unspecified atom stereocenters. The second-order valence-electron chi connectivity index (χ2n) is 6.45. The first-order valence-corrected chi connectivity index (χ1v) is 10.0. The summed E-state index contributed by atoms with van der Waals surface area (Å²) in [6, 6.07) is 14.8. The van der Waals surface area contributed by atoms with Gasteiger partial charge in [-0.05, 0) is 43.0 Å². The number of benzene rings is 1. The van der Waals surface area contributed by atoms with Crippen LogP contribution < -0.4 is 10.2 Å². The molecule has 0 bridgehead atoms. The minimum atomic E-state index is 0.169. The summed E-state index contributed by atoms with van der Waals surface area (Å²) in [5.41, 5.74) is 1.32. The summed E-state index contributed by atoms with van der Waals surface area (Å²) < 4.78 is 0. The van der Waals surface area contributed by atoms with Crippen molar-refractivity contribution >= 4 is 22.9 Å². The summed E-state index contributed by atoms with van der Waals surface area (Å²) in [5, 5.41) is 5.11. The van der Waals surface area contributed by atoms with E-state index in [2.05, 4.69) is 56.9 Å². The van der Waals surface area contributed by atoms with Crippen molar-refractivity contribution in [3.05, 3.63) is 52.7 Å². The highest BCUT2D eigenvalue weighted by atomic mass is 32.1. The zero-order valence-electron chi connectivity index (χ0n) is 14.7. The van der Waals surface area contributed by atoms with E-state index in [0.717, 1.165) is 52.1 Å². The highest BCUT2D eigenvalue weighted by molar-refractivity contribution is 7.09. The third kappa shape index (κ3) is 5.87. The number of thiophene rings is 1. The van der Waals surface area contributed by atoms with E-state index in [1.165, 1.54) is 10.6 Å². The Morgan fingerprint density at radius 3 is 2.56 bits per heavy atom. The Morgan fingerprint density at radius 1 is 1.04 bits per heavy atom. The summed E-state index contributed by atoms with van der Waals surface area (Å²) >= 11 is 1.72. The van der Waals surface area contributed by atoms with Crippen LogP contribution in [0, 0.1) is 0 Å². The zero-order chi connectivity index (χ0) is 17.3. The van der Waals surface area contributed by atoms with E-state index < -0.39 is 0 Å². The molecule has 25 heavy (non-hydrogen) atoms. The number of carbonyl (C=O) groups excluding carboxylic acids is 1. The zero-order valence-corrected chi connectivity index (χ0v) is 15.5. The van der Waals surface area contributed by atoms with Crippen LogP contribution in [0.2, 0.25) is 0 Å². The van der Waals surface area contributed by atoms with Gasteiger partial charge in [-0.1, -0.05) is 24.3 Å². The maximum absolute atomic E-state index is 11.9. The Hall–Kier alpha value is -1.85. The van der Waals surface area contributed by atoms with Crippen LogP contribution >= 0.6 is 11.3 Å². The lowest BCUT2D eigenvalue weighted by Crippen LogP contribution is -2.47. The molecule has 1 saturated heterocycles. The second kappa shape index (κ2) is 9.59. The molecule has 134 valence electrons. The standard InChI is InChI=1S/C20H27N3OS/c24-20(10-9-19-8-4-17-25-19)21-11-5-12-22-13-15-23(16-14-22)18-6-2-1-3-7-18/h1-4,6-8,17H,5,9-16H2,(H,21,24). The fourth-order valence-corrected chi connectivity index (χ4v) is 3.89. The van der Waals surface area contributed by atoms with Crippen molar-refractivity contribution in [2.45, 2.75) is 19.3 Å². The summed E-state index contributed by atoms with van der Waals surface area (Å²) in [6.07, 6.45) is 2.47. The lowest BCUT2D eigenvalue weighted by molar-refractivity contribution is -0.121. The van der Waals surface area contributed by atoms with Crippen LogP contribution in [0.4, 0.5) is 5.69 Å². The van der Waals surface area contributed by atoms with Crippen molar-refractivity contribution in [3.63, 3.8) is 0 Å². The van der Waals surface area contributed by atoms with Crippen LogP contribution in [0.15, 0.2) is 47.8 Å². The SMILES string of the molecule is O=C(CCc1cccs1)NCCCN1CCN(c2ccccc2)CC1. The van der Waals surface area contributed by atoms with E-state index in [0.29, 0.717) is 6.42 Å². The van der Waals surface area contributed by atoms with Crippen LogP contribution in [-0.4, -0.2) is 50.1 Å². The first kappa shape index (κ1) is 18.0. The van der Waals surface area contributed by atoms with E-state index in [-0.39, 0.29) is 5.91 Å². The normalized spacial score (nSPS) is 15.3. The molecule has 3 rings (SSSR count). The molecule has 1 amide bonds. The molecule has 1 aromatic heterocycles. The van der Waals surface area contributed by atoms with Crippen molar-refractivity contribution in [2.24, 2.45) is 0 Å². The van der Waals surface area contributed by atoms with Crippen LogP contribution in [0.5, 0.6) is 0 Å². The molecule has 1 aliphatic heterocycles. The maximum Gasteiger partial charge on any atom is 0.220 e. The fourth-order valence-electron chi connectivity index (χ4n) is 3.18. The second-order valence-corrected chi connectivity index (χ2v) is 7.48. The summed E-state index contributed by atoms with van der Waals surface area (Å²) in [6.45, 7) is 6.20. The topological polar surface area (TPSA) is 35.6 Å². The highest BCUT2D eigenvalue weighted by Crippen LogP contribution is 2.15. The summed E-state index contributed by atoms with van der Waals surface area (Å²) in [7, 11) is 0. The first-order chi connectivity index (χ1) is 12.3. The largest absolute Gasteiger partial charge is 0.369 e. The molecular formula is C20H27N3OS. The van der Waals surface area contributed by atoms with Crippen LogP contribution in [0.3, 0.4) is 0 Å². The summed E-state index contributed by atoms with van der Waals surface area (Å²) in [5.74, 6) is 0.169. The Labute approximate surface area is 154 Å². The monoisotopic (exact) mass is 357 g/mol. The number of nitrogens with zero attached hydrogens (tertiary/aromatic N) is 2. The van der Waals surface area contributed by atoms with Crippen molar-refractivity contribution < 1.29 is 4.79 Å². The molecule has 0 radical (unpaired) electrons. The molecule has 2 heterocycles. The number of hydrogen-bond acceptors (Lipinski definition) is 4. The summed E-state index contributed by atoms with van der Waals surface area (Å²) in [4.78, 5) is 18.1. The van der Waals surface area contributed by atoms with Gasteiger partial charge in [0.05, 0.1) is 0 Å². The number of anilines is 1. The number of rotatable bonds is 8. The molecule has 0 saturated carbocycles. The van der Waals surface area contributed by atoms with Crippen molar-refractivity contribution in [3.8, 4) is 0 Å². The quantitative estimate of drug-likeness (QED) is 0.738. The van der Waals surface area contributed by atoms with Gasteiger partial charge in [0, 0.05) is 49.7 Å². The van der Waals surface area contributed by atoms with Gasteiger partial charge in [0.1, 0.15) is 0 Å². The Morgan fingerprint density at radius 2 is 1.84 bits per heavy atom. The number of hydrogen-bond donors (Lipinski definition) is 1. The number of nitrogens with one attached hydrogen (secondary N) is 1. The van der Waals surface area contributed by atoms with Gasteiger partial charge in [0.25, 0.3) is 0 Å². The van der Waals surface area contributed by atoms with Crippen molar-refractivity contribution in [1.82, 2.24) is 10.2 Å². The molecule has 1 aliphatic rings. The minimum Gasteiger partial charge on any atom is -0.369 e. The van der Waals surface area contributed by atoms with Crippen molar-refractivity contribution in [2.75, 3.05) is 44.2 Å². The average Bonchev–Trinajstić information content (AvgIpc) is 3.18. The minimum absolute atomic E-state index is 0.169. The van der Waals surface area contributed by atoms with Gasteiger partial charge in [-0.25, -0.2) is 0 Å². The van der Waals surface area contributed by atoms with E-state index in [1.807, 2.05) is 6.07 Å². The molecular weight excluding hydrogens is 330 g/mol. The third-order valence-corrected chi connectivity index (χ3v) is 5.58.